The Balaban J connectivity index is 2.30. The number of carbonyl (C=O) groups is 3. The number of nitrogens with one attached hydrogen (secondary N) is 1. The lowest BCUT2D eigenvalue weighted by Crippen LogP contribution is -2.38. The van der Waals surface area contributed by atoms with Crippen LogP contribution in [0.4, 0.5) is 13.2 Å². The lowest BCUT2D eigenvalue weighted by molar-refractivity contribution is -0.157. The number of rotatable bonds is 7. The number of hydrogen-bond donors (Lipinski definition) is 2. The number of carbonyl (C=O) groups excluding carboxylic acids is 2. The molecule has 0 aromatic rings. The third-order valence-corrected chi connectivity index (χ3v) is 2.73. The Hall–Kier alpha value is -1.84. The molecule has 1 rings (SSSR count). The van der Waals surface area contributed by atoms with E-state index in [9.17, 15) is 27.6 Å². The minimum atomic E-state index is -4.49. The van der Waals surface area contributed by atoms with Crippen molar-refractivity contribution < 1.29 is 37.4 Å². The molecule has 1 saturated heterocycles. The van der Waals surface area contributed by atoms with E-state index in [1.165, 1.54) is 0 Å². The maximum Gasteiger partial charge on any atom is 0.406 e. The Morgan fingerprint density at radius 1 is 1.43 bits per heavy atom. The van der Waals surface area contributed by atoms with Gasteiger partial charge in [0, 0.05) is 19.5 Å². The van der Waals surface area contributed by atoms with E-state index in [1.54, 1.807) is 0 Å². The number of halogens is 3. The summed E-state index contributed by atoms with van der Waals surface area (Å²) in [5.41, 5.74) is 0. The number of carboxylic acids is 1. The van der Waals surface area contributed by atoms with Crippen molar-refractivity contribution in [1.82, 2.24) is 10.2 Å². The normalized spacial score (nSPS) is 18.9. The second-order valence-electron chi connectivity index (χ2n) is 4.53. The topological polar surface area (TPSA) is 95.9 Å². The molecular formula is C11H15F3N2O5. The van der Waals surface area contributed by atoms with Crippen molar-refractivity contribution in [3.05, 3.63) is 0 Å². The summed E-state index contributed by atoms with van der Waals surface area (Å²) in [5.74, 6) is -3.24. The van der Waals surface area contributed by atoms with Gasteiger partial charge in [-0.05, 0) is 0 Å². The van der Waals surface area contributed by atoms with E-state index in [0.29, 0.717) is 4.90 Å². The second-order valence-corrected chi connectivity index (χ2v) is 4.53. The fourth-order valence-electron chi connectivity index (χ4n) is 1.87. The molecule has 1 fully saturated rings. The van der Waals surface area contributed by atoms with Crippen molar-refractivity contribution in [2.24, 2.45) is 5.92 Å². The lowest BCUT2D eigenvalue weighted by Gasteiger charge is -2.18. The molecule has 0 aliphatic carbocycles. The van der Waals surface area contributed by atoms with Crippen LogP contribution in [-0.4, -0.2) is 66.8 Å². The van der Waals surface area contributed by atoms with E-state index in [0.717, 1.165) is 0 Å². The predicted octanol–water partition coefficient (Wildman–Crippen LogP) is -0.385. The molecule has 0 aromatic carbocycles. The molecular weight excluding hydrogens is 297 g/mol. The van der Waals surface area contributed by atoms with Crippen molar-refractivity contribution in [2.45, 2.75) is 12.6 Å². The van der Waals surface area contributed by atoms with Gasteiger partial charge >= 0.3 is 12.1 Å². The van der Waals surface area contributed by atoms with Gasteiger partial charge in [-0.25, -0.2) is 4.79 Å². The molecule has 0 bridgehead atoms. The Bertz CT molecular complexity index is 413. The fourth-order valence-corrected chi connectivity index (χ4v) is 1.87. The summed E-state index contributed by atoms with van der Waals surface area (Å²) in [7, 11) is 0. The molecule has 0 radical (unpaired) electrons. The second kappa shape index (κ2) is 7.25. The predicted molar refractivity (Wildman–Crippen MR) is 62.2 cm³/mol. The fraction of sp³-hybridized carbons (Fsp3) is 0.727. The molecule has 2 amide bonds. The highest BCUT2D eigenvalue weighted by molar-refractivity contribution is 5.89. The monoisotopic (exact) mass is 312 g/mol. The van der Waals surface area contributed by atoms with Gasteiger partial charge in [-0.1, -0.05) is 0 Å². The van der Waals surface area contributed by atoms with Gasteiger partial charge in [0.25, 0.3) is 0 Å². The Morgan fingerprint density at radius 2 is 2.10 bits per heavy atom. The van der Waals surface area contributed by atoms with Crippen LogP contribution in [0.5, 0.6) is 0 Å². The van der Waals surface area contributed by atoms with Gasteiger partial charge in [0.15, 0.2) is 0 Å². The number of amides is 2. The van der Waals surface area contributed by atoms with E-state index in [2.05, 4.69) is 10.1 Å². The summed E-state index contributed by atoms with van der Waals surface area (Å²) >= 11 is 0. The van der Waals surface area contributed by atoms with E-state index < -0.39 is 43.0 Å². The molecule has 0 aromatic heterocycles. The Morgan fingerprint density at radius 3 is 2.67 bits per heavy atom. The van der Waals surface area contributed by atoms with Crippen LogP contribution in [0.1, 0.15) is 6.42 Å². The molecule has 2 N–H and O–H groups in total. The summed E-state index contributed by atoms with van der Waals surface area (Å²) < 4.78 is 41.3. The molecule has 1 heterocycles. The van der Waals surface area contributed by atoms with Crippen LogP contribution in [0.3, 0.4) is 0 Å². The average molecular weight is 312 g/mol. The highest BCUT2D eigenvalue weighted by Crippen LogP contribution is 2.23. The molecule has 7 nitrogen and oxygen atoms in total. The van der Waals surface area contributed by atoms with Gasteiger partial charge in [-0.2, -0.15) is 13.2 Å². The van der Waals surface area contributed by atoms with Crippen molar-refractivity contribution in [1.29, 1.82) is 0 Å². The Kier molecular flexibility index (Phi) is 5.94. The summed E-state index contributed by atoms with van der Waals surface area (Å²) in [6.45, 7) is -2.16. The number of nitrogens with zero attached hydrogens (tertiary/aromatic N) is 1. The standard InChI is InChI=1S/C11H15F3N2O5/c12-11(13,14)6-16-4-7(3-8(16)17)10(20)15-1-2-21-5-9(18)19/h7H,1-6H2,(H,15,20)(H,18,19). The summed E-state index contributed by atoms with van der Waals surface area (Å²) in [6.07, 6.45) is -4.76. The van der Waals surface area contributed by atoms with E-state index in [1.807, 2.05) is 0 Å². The van der Waals surface area contributed by atoms with Crippen LogP contribution in [-0.2, 0) is 19.1 Å². The van der Waals surface area contributed by atoms with Crippen LogP contribution in [0.2, 0.25) is 0 Å². The number of likely N-dealkylation sites (tertiary alicyclic amines) is 1. The zero-order valence-electron chi connectivity index (χ0n) is 11.0. The van der Waals surface area contributed by atoms with Crippen LogP contribution in [0.25, 0.3) is 0 Å². The molecule has 10 heteroatoms. The smallest absolute Gasteiger partial charge is 0.406 e. The first-order valence-corrected chi connectivity index (χ1v) is 6.11. The highest BCUT2D eigenvalue weighted by Gasteiger charge is 2.40. The molecule has 21 heavy (non-hydrogen) atoms. The zero-order valence-corrected chi connectivity index (χ0v) is 11.0. The molecule has 1 atom stereocenters. The largest absolute Gasteiger partial charge is 0.480 e. The molecule has 120 valence electrons. The van der Waals surface area contributed by atoms with Crippen LogP contribution >= 0.6 is 0 Å². The van der Waals surface area contributed by atoms with Crippen molar-refractivity contribution >= 4 is 17.8 Å². The van der Waals surface area contributed by atoms with Crippen molar-refractivity contribution in [2.75, 3.05) is 32.8 Å². The zero-order chi connectivity index (χ0) is 16.0. The first-order valence-electron chi connectivity index (χ1n) is 6.11. The lowest BCUT2D eigenvalue weighted by atomic mass is 10.1. The average Bonchev–Trinajstić information content (AvgIpc) is 2.67. The van der Waals surface area contributed by atoms with Crippen molar-refractivity contribution in [3.63, 3.8) is 0 Å². The molecule has 1 unspecified atom stereocenters. The van der Waals surface area contributed by atoms with Gasteiger partial charge < -0.3 is 20.1 Å². The summed E-state index contributed by atoms with van der Waals surface area (Å²) in [4.78, 5) is 33.8. The van der Waals surface area contributed by atoms with Crippen LogP contribution in [0.15, 0.2) is 0 Å². The van der Waals surface area contributed by atoms with Gasteiger partial charge in [-0.15, -0.1) is 0 Å². The number of alkyl halides is 3. The third-order valence-electron chi connectivity index (χ3n) is 2.73. The third kappa shape index (κ3) is 6.43. The van der Waals surface area contributed by atoms with E-state index >= 15 is 0 Å². The van der Waals surface area contributed by atoms with Gasteiger partial charge in [0.2, 0.25) is 11.8 Å². The minimum Gasteiger partial charge on any atom is -0.480 e. The maximum absolute atomic E-state index is 12.2. The number of hydrogen-bond acceptors (Lipinski definition) is 4. The van der Waals surface area contributed by atoms with Gasteiger partial charge in [0.05, 0.1) is 12.5 Å². The summed E-state index contributed by atoms with van der Waals surface area (Å²) in [5, 5.41) is 10.7. The summed E-state index contributed by atoms with van der Waals surface area (Å²) in [6, 6.07) is 0. The molecule has 1 aliphatic heterocycles. The first-order chi connectivity index (χ1) is 9.69. The number of aliphatic carboxylic acids is 1. The van der Waals surface area contributed by atoms with Crippen LogP contribution in [0, 0.1) is 5.92 Å². The van der Waals surface area contributed by atoms with Crippen LogP contribution < -0.4 is 5.32 Å². The number of ether oxygens (including phenoxy) is 1. The van der Waals surface area contributed by atoms with Crippen molar-refractivity contribution in [3.8, 4) is 0 Å². The first kappa shape index (κ1) is 17.2. The molecule has 0 saturated carbocycles. The Labute approximate surface area is 118 Å². The van der Waals surface area contributed by atoms with E-state index in [-0.39, 0.29) is 26.1 Å². The van der Waals surface area contributed by atoms with Gasteiger partial charge in [-0.3, -0.25) is 9.59 Å². The minimum absolute atomic E-state index is 0.0239. The van der Waals surface area contributed by atoms with Gasteiger partial charge in [0.1, 0.15) is 13.2 Å². The SMILES string of the molecule is O=C(O)COCCNC(=O)C1CC(=O)N(CC(F)(F)F)C1. The highest BCUT2D eigenvalue weighted by atomic mass is 19.4. The maximum atomic E-state index is 12.2. The molecule has 0 spiro atoms. The quantitative estimate of drug-likeness (QED) is 0.625. The van der Waals surface area contributed by atoms with E-state index in [4.69, 9.17) is 5.11 Å². The molecule has 1 aliphatic rings. The number of carboxylic acid groups (broad SMARTS) is 1.